The number of hydrogen-bond acceptors (Lipinski definition) is 4. The molecule has 1 N–H and O–H groups in total. The van der Waals surface area contributed by atoms with Crippen molar-refractivity contribution in [1.82, 2.24) is 4.90 Å². The van der Waals surface area contributed by atoms with Gasteiger partial charge in [0.05, 0.1) is 12.7 Å². The Kier molecular flexibility index (Phi) is 5.56. The standard InChI is InChI=1S/C17H19NO4/c1-2-22-16(20)8-5-13-3-6-14(7-4-13)17(21)18-11-9-15(19)10-12-18/h3-4,6-7,15,19H,2,9-12H2,1H3. The van der Waals surface area contributed by atoms with Gasteiger partial charge >= 0.3 is 5.97 Å². The van der Waals surface area contributed by atoms with Crippen LogP contribution in [-0.4, -0.2) is 47.7 Å². The molecule has 1 aliphatic heterocycles. The highest BCUT2D eigenvalue weighted by molar-refractivity contribution is 5.94. The number of aliphatic hydroxyl groups excluding tert-OH is 1. The fourth-order valence-electron chi connectivity index (χ4n) is 2.24. The van der Waals surface area contributed by atoms with E-state index in [0.717, 1.165) is 0 Å². The highest BCUT2D eigenvalue weighted by Crippen LogP contribution is 2.14. The van der Waals surface area contributed by atoms with E-state index < -0.39 is 5.97 Å². The predicted molar refractivity (Wildman–Crippen MR) is 81.1 cm³/mol. The van der Waals surface area contributed by atoms with Crippen LogP contribution in [0.2, 0.25) is 0 Å². The van der Waals surface area contributed by atoms with Crippen LogP contribution in [0.1, 0.15) is 35.7 Å². The molecule has 5 nitrogen and oxygen atoms in total. The van der Waals surface area contributed by atoms with Gasteiger partial charge in [0.2, 0.25) is 0 Å². The highest BCUT2D eigenvalue weighted by Gasteiger charge is 2.21. The van der Waals surface area contributed by atoms with Gasteiger partial charge in [-0.15, -0.1) is 0 Å². The molecule has 0 saturated carbocycles. The van der Waals surface area contributed by atoms with Crippen molar-refractivity contribution in [2.45, 2.75) is 25.9 Å². The normalized spacial score (nSPS) is 14.9. The second kappa shape index (κ2) is 7.62. The quantitative estimate of drug-likeness (QED) is 0.658. The van der Waals surface area contributed by atoms with Gasteiger partial charge in [-0.05, 0) is 44.0 Å². The van der Waals surface area contributed by atoms with Crippen LogP contribution in [0.3, 0.4) is 0 Å². The monoisotopic (exact) mass is 301 g/mol. The number of amides is 1. The van der Waals surface area contributed by atoms with Crippen LogP contribution in [0, 0.1) is 11.8 Å². The maximum Gasteiger partial charge on any atom is 0.384 e. The first-order valence-corrected chi connectivity index (χ1v) is 7.36. The largest absolute Gasteiger partial charge is 0.456 e. The summed E-state index contributed by atoms with van der Waals surface area (Å²) in [5.41, 5.74) is 1.23. The number of aliphatic hydroxyl groups is 1. The second-order valence-electron chi connectivity index (χ2n) is 5.07. The third-order valence-corrected chi connectivity index (χ3v) is 3.47. The first kappa shape index (κ1) is 16.1. The number of piperidine rings is 1. The summed E-state index contributed by atoms with van der Waals surface area (Å²) in [5, 5.41) is 9.47. The van der Waals surface area contributed by atoms with Crippen molar-refractivity contribution in [3.05, 3.63) is 35.4 Å². The number of carbonyl (C=O) groups excluding carboxylic acids is 2. The molecular weight excluding hydrogens is 282 g/mol. The van der Waals surface area contributed by atoms with Crippen molar-refractivity contribution >= 4 is 11.9 Å². The zero-order valence-corrected chi connectivity index (χ0v) is 12.5. The van der Waals surface area contributed by atoms with E-state index in [2.05, 4.69) is 11.8 Å². The lowest BCUT2D eigenvalue weighted by Gasteiger charge is -2.29. The van der Waals surface area contributed by atoms with Gasteiger partial charge in [-0.1, -0.05) is 5.92 Å². The summed E-state index contributed by atoms with van der Waals surface area (Å²) in [7, 11) is 0. The zero-order valence-electron chi connectivity index (χ0n) is 12.5. The highest BCUT2D eigenvalue weighted by atomic mass is 16.5. The molecule has 1 aromatic rings. The van der Waals surface area contributed by atoms with Gasteiger partial charge in [0.1, 0.15) is 0 Å². The Bertz CT molecular complexity index is 589. The molecule has 0 aromatic heterocycles. The van der Waals surface area contributed by atoms with Gasteiger partial charge in [0.25, 0.3) is 5.91 Å². The van der Waals surface area contributed by atoms with Gasteiger partial charge in [-0.2, -0.15) is 0 Å². The molecule has 1 saturated heterocycles. The number of benzene rings is 1. The molecule has 1 fully saturated rings. The lowest BCUT2D eigenvalue weighted by molar-refractivity contribution is -0.136. The van der Waals surface area contributed by atoms with Crippen LogP contribution in [0.4, 0.5) is 0 Å². The Labute approximate surface area is 129 Å². The van der Waals surface area contributed by atoms with Crippen molar-refractivity contribution in [1.29, 1.82) is 0 Å². The lowest BCUT2D eigenvalue weighted by atomic mass is 10.1. The fraction of sp³-hybridized carbons (Fsp3) is 0.412. The number of nitrogens with zero attached hydrogens (tertiary/aromatic N) is 1. The number of likely N-dealkylation sites (tertiary alicyclic amines) is 1. The summed E-state index contributed by atoms with van der Waals surface area (Å²) in [6.45, 7) is 3.17. The summed E-state index contributed by atoms with van der Waals surface area (Å²) in [6, 6.07) is 6.81. The maximum absolute atomic E-state index is 12.3. The van der Waals surface area contributed by atoms with E-state index >= 15 is 0 Å². The van der Waals surface area contributed by atoms with Crippen LogP contribution in [-0.2, 0) is 9.53 Å². The molecule has 1 aliphatic rings. The maximum atomic E-state index is 12.3. The Morgan fingerprint density at radius 3 is 2.50 bits per heavy atom. The summed E-state index contributed by atoms with van der Waals surface area (Å²) >= 11 is 0. The van der Waals surface area contributed by atoms with E-state index in [9.17, 15) is 14.7 Å². The van der Waals surface area contributed by atoms with E-state index in [1.807, 2.05) is 0 Å². The minimum absolute atomic E-state index is 0.0446. The van der Waals surface area contributed by atoms with Crippen molar-refractivity contribution in [2.75, 3.05) is 19.7 Å². The molecule has 116 valence electrons. The van der Waals surface area contributed by atoms with E-state index in [1.54, 1.807) is 36.1 Å². The number of esters is 1. The van der Waals surface area contributed by atoms with Gasteiger partial charge in [-0.25, -0.2) is 4.79 Å². The number of carbonyl (C=O) groups is 2. The number of hydrogen-bond donors (Lipinski definition) is 1. The number of ether oxygens (including phenoxy) is 1. The minimum Gasteiger partial charge on any atom is -0.456 e. The van der Waals surface area contributed by atoms with Gasteiger partial charge in [-0.3, -0.25) is 4.79 Å². The molecule has 0 spiro atoms. The van der Waals surface area contributed by atoms with Crippen molar-refractivity contribution in [3.63, 3.8) is 0 Å². The molecule has 1 aromatic carbocycles. The Balaban J connectivity index is 1.99. The van der Waals surface area contributed by atoms with Crippen molar-refractivity contribution in [3.8, 4) is 11.8 Å². The Hall–Kier alpha value is -2.32. The molecule has 0 unspecified atom stereocenters. The predicted octanol–water partition coefficient (Wildman–Crippen LogP) is 1.20. The zero-order chi connectivity index (χ0) is 15.9. The molecule has 0 radical (unpaired) electrons. The van der Waals surface area contributed by atoms with E-state index in [4.69, 9.17) is 4.74 Å². The molecule has 1 amide bonds. The Morgan fingerprint density at radius 1 is 1.27 bits per heavy atom. The average Bonchev–Trinajstić information content (AvgIpc) is 2.54. The minimum atomic E-state index is -0.561. The van der Waals surface area contributed by atoms with Gasteiger partial charge in [0, 0.05) is 30.1 Å². The SMILES string of the molecule is CCOC(=O)C#Cc1ccc(C(=O)N2CCC(O)CC2)cc1. The first-order chi connectivity index (χ1) is 10.6. The van der Waals surface area contributed by atoms with Gasteiger partial charge in [0.15, 0.2) is 0 Å². The van der Waals surface area contributed by atoms with E-state index in [0.29, 0.717) is 43.7 Å². The molecule has 0 bridgehead atoms. The van der Waals surface area contributed by atoms with Gasteiger partial charge < -0.3 is 14.7 Å². The smallest absolute Gasteiger partial charge is 0.384 e. The topological polar surface area (TPSA) is 66.8 Å². The summed E-state index contributed by atoms with van der Waals surface area (Å²) in [6.07, 6.45) is 0.938. The van der Waals surface area contributed by atoms with Crippen LogP contribution in [0.15, 0.2) is 24.3 Å². The van der Waals surface area contributed by atoms with Crippen molar-refractivity contribution in [2.24, 2.45) is 0 Å². The molecule has 5 heteroatoms. The van der Waals surface area contributed by atoms with E-state index in [-0.39, 0.29) is 12.0 Å². The third-order valence-electron chi connectivity index (χ3n) is 3.47. The lowest BCUT2D eigenvalue weighted by Crippen LogP contribution is -2.40. The van der Waals surface area contributed by atoms with Crippen LogP contribution in [0.25, 0.3) is 0 Å². The fourth-order valence-corrected chi connectivity index (χ4v) is 2.24. The number of rotatable bonds is 2. The average molecular weight is 301 g/mol. The Morgan fingerprint density at radius 2 is 1.91 bits per heavy atom. The molecule has 22 heavy (non-hydrogen) atoms. The third kappa shape index (κ3) is 4.34. The molecule has 0 aliphatic carbocycles. The first-order valence-electron chi connectivity index (χ1n) is 7.36. The summed E-state index contributed by atoms with van der Waals surface area (Å²) < 4.78 is 4.72. The molecule has 0 atom stereocenters. The van der Waals surface area contributed by atoms with Crippen LogP contribution in [0.5, 0.6) is 0 Å². The summed E-state index contributed by atoms with van der Waals surface area (Å²) in [5.74, 6) is 4.48. The van der Waals surface area contributed by atoms with E-state index in [1.165, 1.54) is 0 Å². The van der Waals surface area contributed by atoms with Crippen LogP contribution >= 0.6 is 0 Å². The van der Waals surface area contributed by atoms with Crippen LogP contribution < -0.4 is 0 Å². The summed E-state index contributed by atoms with van der Waals surface area (Å²) in [4.78, 5) is 25.2. The second-order valence-corrected chi connectivity index (χ2v) is 5.07. The molecule has 1 heterocycles. The molecular formula is C17H19NO4. The molecule has 2 rings (SSSR count). The van der Waals surface area contributed by atoms with Crippen molar-refractivity contribution < 1.29 is 19.4 Å².